The van der Waals surface area contributed by atoms with E-state index in [4.69, 9.17) is 15.6 Å². The summed E-state index contributed by atoms with van der Waals surface area (Å²) in [6.45, 7) is 5.50. The zero-order valence-electron chi connectivity index (χ0n) is 17.3. The van der Waals surface area contributed by atoms with Gasteiger partial charge in [0.25, 0.3) is 5.91 Å². The van der Waals surface area contributed by atoms with E-state index in [1.807, 2.05) is 26.0 Å². The molecule has 0 fully saturated rings. The Hall–Kier alpha value is -3.40. The first-order chi connectivity index (χ1) is 14.9. The third-order valence-corrected chi connectivity index (χ3v) is 5.45. The molecule has 2 heterocycles. The molecule has 0 unspecified atom stereocenters. The zero-order chi connectivity index (χ0) is 23.8. The Morgan fingerprint density at radius 3 is 2.44 bits per heavy atom. The van der Waals surface area contributed by atoms with Gasteiger partial charge in [-0.1, -0.05) is 18.2 Å². The molecule has 0 radical (unpaired) electrons. The second-order valence-corrected chi connectivity index (χ2v) is 7.44. The van der Waals surface area contributed by atoms with Gasteiger partial charge < -0.3 is 21.1 Å². The molecule has 0 saturated carbocycles. The number of amides is 1. The van der Waals surface area contributed by atoms with Crippen LogP contribution in [0, 0.1) is 19.7 Å². The molecular formula is C22H21F4N3O3. The number of aromatic nitrogens is 1. The Kier molecular flexibility index (Phi) is 6.27. The smallest absolute Gasteiger partial charge is 0.475 e. The summed E-state index contributed by atoms with van der Waals surface area (Å²) < 4.78 is 46.9. The molecule has 4 rings (SSSR count). The van der Waals surface area contributed by atoms with E-state index in [9.17, 15) is 18.0 Å². The highest BCUT2D eigenvalue weighted by Gasteiger charge is 2.38. The number of carboxylic acid groups (broad SMARTS) is 1. The lowest BCUT2D eigenvalue weighted by atomic mass is 9.88. The Balaban J connectivity index is 0.000000360. The summed E-state index contributed by atoms with van der Waals surface area (Å²) in [6, 6.07) is 7.28. The first kappa shape index (κ1) is 23.3. The Labute approximate surface area is 180 Å². The van der Waals surface area contributed by atoms with Gasteiger partial charge in [-0.3, -0.25) is 4.79 Å². The van der Waals surface area contributed by atoms with Gasteiger partial charge in [0.15, 0.2) is 0 Å². The van der Waals surface area contributed by atoms with Crippen LogP contribution in [0.1, 0.15) is 32.7 Å². The number of fused-ring (bicyclic) bond motifs is 2. The summed E-state index contributed by atoms with van der Waals surface area (Å²) >= 11 is 0. The lowest BCUT2D eigenvalue weighted by Gasteiger charge is -2.21. The zero-order valence-corrected chi connectivity index (χ0v) is 17.3. The molecule has 0 saturated heterocycles. The van der Waals surface area contributed by atoms with E-state index < -0.39 is 23.9 Å². The summed E-state index contributed by atoms with van der Waals surface area (Å²) in [7, 11) is 0. The monoisotopic (exact) mass is 451 g/mol. The number of H-pyrrole nitrogens is 1. The van der Waals surface area contributed by atoms with Crippen molar-refractivity contribution in [2.45, 2.75) is 33.0 Å². The Morgan fingerprint density at radius 2 is 1.84 bits per heavy atom. The largest absolute Gasteiger partial charge is 0.490 e. The normalized spacial score (nSPS) is 13.3. The van der Waals surface area contributed by atoms with Crippen LogP contribution in [0.25, 0.3) is 22.0 Å². The molecule has 1 aliphatic heterocycles. The molecule has 1 aromatic heterocycles. The molecule has 0 aliphatic carbocycles. The summed E-state index contributed by atoms with van der Waals surface area (Å²) in [6.07, 6.45) is -4.15. The third-order valence-electron chi connectivity index (χ3n) is 5.45. The number of nitrogens with one attached hydrogen (secondary N) is 2. The van der Waals surface area contributed by atoms with Crippen LogP contribution in [0.15, 0.2) is 24.3 Å². The van der Waals surface area contributed by atoms with E-state index in [-0.39, 0.29) is 5.56 Å². The SMILES string of the molecule is Cc1[nH]c2c(C(N)=O)cc(F)c(-c3cccc4c3CNCC4)c2c1C.O=C(O)C(F)(F)F. The molecule has 32 heavy (non-hydrogen) atoms. The maximum Gasteiger partial charge on any atom is 0.490 e. The van der Waals surface area contributed by atoms with Crippen LogP contribution in [0.5, 0.6) is 0 Å². The highest BCUT2D eigenvalue weighted by Crippen LogP contribution is 2.39. The van der Waals surface area contributed by atoms with Crippen molar-refractivity contribution in [3.05, 3.63) is 58.0 Å². The second-order valence-electron chi connectivity index (χ2n) is 7.44. The average Bonchev–Trinajstić information content (AvgIpc) is 3.01. The van der Waals surface area contributed by atoms with Crippen molar-refractivity contribution in [2.75, 3.05) is 6.54 Å². The van der Waals surface area contributed by atoms with Gasteiger partial charge in [0.05, 0.1) is 11.1 Å². The Morgan fingerprint density at radius 1 is 1.19 bits per heavy atom. The molecule has 0 bridgehead atoms. The number of rotatable bonds is 2. The van der Waals surface area contributed by atoms with Gasteiger partial charge in [-0.25, -0.2) is 9.18 Å². The van der Waals surface area contributed by atoms with Crippen LogP contribution in [0.2, 0.25) is 0 Å². The molecule has 6 nitrogen and oxygen atoms in total. The maximum atomic E-state index is 15.1. The number of nitrogens with two attached hydrogens (primary N) is 1. The maximum absolute atomic E-state index is 15.1. The fourth-order valence-corrected chi connectivity index (χ4v) is 3.83. The number of hydrogen-bond donors (Lipinski definition) is 4. The summed E-state index contributed by atoms with van der Waals surface area (Å²) in [5, 5.41) is 11.2. The molecular weight excluding hydrogens is 430 g/mol. The fourth-order valence-electron chi connectivity index (χ4n) is 3.83. The minimum atomic E-state index is -5.08. The van der Waals surface area contributed by atoms with Gasteiger partial charge in [-0.2, -0.15) is 13.2 Å². The van der Waals surface area contributed by atoms with Crippen molar-refractivity contribution >= 4 is 22.8 Å². The number of halogens is 4. The number of carbonyl (C=O) groups is 2. The minimum Gasteiger partial charge on any atom is -0.475 e. The topological polar surface area (TPSA) is 108 Å². The number of aryl methyl sites for hydroxylation is 2. The standard InChI is InChI=1S/C20H20FN3O.C2HF3O2/c1-10-11(2)24-19-14(20(22)25)8-16(21)18(17(10)19)13-5-3-4-12-6-7-23-9-15(12)13;3-2(4,5)1(6)7/h3-5,8,23-24H,6-7,9H2,1-2H3,(H2,22,25);(H,6,7). The second kappa shape index (κ2) is 8.62. The lowest BCUT2D eigenvalue weighted by Crippen LogP contribution is -2.24. The van der Waals surface area contributed by atoms with Crippen molar-refractivity contribution in [1.82, 2.24) is 10.3 Å². The number of primary amides is 1. The summed E-state index contributed by atoms with van der Waals surface area (Å²) in [4.78, 5) is 23.9. The molecule has 3 aromatic rings. The van der Waals surface area contributed by atoms with Crippen LogP contribution >= 0.6 is 0 Å². The van der Waals surface area contributed by atoms with Gasteiger partial charge in [-0.15, -0.1) is 0 Å². The molecule has 1 aliphatic rings. The minimum absolute atomic E-state index is 0.190. The van der Waals surface area contributed by atoms with Crippen molar-refractivity contribution in [3.8, 4) is 11.1 Å². The summed E-state index contributed by atoms with van der Waals surface area (Å²) in [5.41, 5.74) is 11.9. The third kappa shape index (κ3) is 4.31. The van der Waals surface area contributed by atoms with Crippen LogP contribution in [-0.2, 0) is 17.8 Å². The number of aromatic amines is 1. The average molecular weight is 451 g/mol. The molecule has 5 N–H and O–H groups in total. The van der Waals surface area contributed by atoms with Crippen LogP contribution < -0.4 is 11.1 Å². The van der Waals surface area contributed by atoms with Crippen LogP contribution in [0.3, 0.4) is 0 Å². The predicted octanol–water partition coefficient (Wildman–Crippen LogP) is 3.97. The van der Waals surface area contributed by atoms with Crippen molar-refractivity contribution in [2.24, 2.45) is 5.73 Å². The van der Waals surface area contributed by atoms with E-state index in [2.05, 4.69) is 16.4 Å². The number of benzene rings is 2. The Bertz CT molecular complexity index is 1220. The van der Waals surface area contributed by atoms with E-state index in [0.717, 1.165) is 40.7 Å². The van der Waals surface area contributed by atoms with Crippen LogP contribution in [0.4, 0.5) is 17.6 Å². The molecule has 1 amide bonds. The van der Waals surface area contributed by atoms with Gasteiger partial charge in [0.1, 0.15) is 5.82 Å². The predicted molar refractivity (Wildman–Crippen MR) is 111 cm³/mol. The summed E-state index contributed by atoms with van der Waals surface area (Å²) in [5.74, 6) is -3.80. The molecule has 10 heteroatoms. The quantitative estimate of drug-likeness (QED) is 0.442. The van der Waals surface area contributed by atoms with E-state index in [0.29, 0.717) is 17.6 Å². The van der Waals surface area contributed by atoms with Gasteiger partial charge in [0.2, 0.25) is 0 Å². The molecule has 0 atom stereocenters. The highest BCUT2D eigenvalue weighted by molar-refractivity contribution is 6.11. The van der Waals surface area contributed by atoms with Crippen molar-refractivity contribution < 1.29 is 32.3 Å². The number of hydrogen-bond acceptors (Lipinski definition) is 3. The molecule has 2 aromatic carbocycles. The molecule has 170 valence electrons. The van der Waals surface area contributed by atoms with Crippen LogP contribution in [-0.4, -0.2) is 34.7 Å². The number of carboxylic acids is 1. The van der Waals surface area contributed by atoms with E-state index in [1.54, 1.807) is 0 Å². The molecule has 0 spiro atoms. The van der Waals surface area contributed by atoms with Crippen molar-refractivity contribution in [1.29, 1.82) is 0 Å². The fraction of sp³-hybridized carbons (Fsp3) is 0.273. The number of aliphatic carboxylic acids is 1. The first-order valence-electron chi connectivity index (χ1n) is 9.66. The van der Waals surface area contributed by atoms with Gasteiger partial charge in [0, 0.05) is 23.2 Å². The van der Waals surface area contributed by atoms with E-state index >= 15 is 4.39 Å². The van der Waals surface area contributed by atoms with Crippen molar-refractivity contribution in [3.63, 3.8) is 0 Å². The lowest BCUT2D eigenvalue weighted by molar-refractivity contribution is -0.192. The highest BCUT2D eigenvalue weighted by atomic mass is 19.4. The van der Waals surface area contributed by atoms with E-state index in [1.165, 1.54) is 11.6 Å². The van der Waals surface area contributed by atoms with Gasteiger partial charge in [-0.05, 0) is 55.1 Å². The first-order valence-corrected chi connectivity index (χ1v) is 9.66. The number of carbonyl (C=O) groups excluding carboxylic acids is 1. The van der Waals surface area contributed by atoms with Gasteiger partial charge >= 0.3 is 12.1 Å². The number of alkyl halides is 3.